The van der Waals surface area contributed by atoms with Crippen LogP contribution in [-0.2, 0) is 9.53 Å². The summed E-state index contributed by atoms with van der Waals surface area (Å²) in [7, 11) is 0. The molecule has 6 heteroatoms. The molecule has 1 amide bonds. The van der Waals surface area contributed by atoms with Crippen molar-refractivity contribution in [3.05, 3.63) is 59.7 Å². The van der Waals surface area contributed by atoms with Gasteiger partial charge in [-0.15, -0.1) is 0 Å². The van der Waals surface area contributed by atoms with Crippen LogP contribution >= 0.6 is 22.6 Å². The lowest BCUT2D eigenvalue weighted by Gasteiger charge is -2.16. The van der Waals surface area contributed by atoms with Crippen LogP contribution in [0, 0.1) is 0 Å². The van der Waals surface area contributed by atoms with E-state index in [2.05, 4.69) is 17.4 Å². The molecular weight excluding hydrogens is 421 g/mol. The van der Waals surface area contributed by atoms with E-state index in [0.717, 1.165) is 22.3 Å². The minimum absolute atomic E-state index is 0.0361. The SMILES string of the molecule is O=C(N[C@@H](CI)C(=O)O)OCC1c2ccccc2-c2ccccc21. The highest BCUT2D eigenvalue weighted by Gasteiger charge is 2.29. The summed E-state index contributed by atoms with van der Waals surface area (Å²) in [6, 6.07) is 15.2. The number of amides is 1. The summed E-state index contributed by atoms with van der Waals surface area (Å²) in [5.74, 6) is -1.11. The van der Waals surface area contributed by atoms with Crippen LogP contribution in [0.25, 0.3) is 11.1 Å². The standard InChI is InChI=1S/C18H16INO4/c19-9-16(17(21)22)20-18(23)24-10-15-13-7-3-1-5-11(13)12-6-2-4-8-14(12)15/h1-8,15-16H,9-10H2,(H,20,23)(H,21,22)/t16-/m0/s1. The molecule has 0 fully saturated rings. The number of carbonyl (C=O) groups excluding carboxylic acids is 1. The van der Waals surface area contributed by atoms with Crippen LogP contribution in [0.1, 0.15) is 17.0 Å². The zero-order chi connectivity index (χ0) is 17.1. The van der Waals surface area contributed by atoms with Gasteiger partial charge in [0.25, 0.3) is 0 Å². The number of benzene rings is 2. The molecule has 2 aromatic rings. The van der Waals surface area contributed by atoms with E-state index in [-0.39, 0.29) is 17.0 Å². The maximum Gasteiger partial charge on any atom is 0.407 e. The normalized spacial score (nSPS) is 13.7. The smallest absolute Gasteiger partial charge is 0.407 e. The van der Waals surface area contributed by atoms with Crippen LogP contribution in [0.3, 0.4) is 0 Å². The number of rotatable bonds is 5. The molecule has 0 unspecified atom stereocenters. The van der Waals surface area contributed by atoms with Crippen molar-refractivity contribution in [2.75, 3.05) is 11.0 Å². The second-order valence-electron chi connectivity index (χ2n) is 5.52. The minimum Gasteiger partial charge on any atom is -0.480 e. The zero-order valence-electron chi connectivity index (χ0n) is 12.7. The summed E-state index contributed by atoms with van der Waals surface area (Å²) in [5, 5.41) is 11.4. The van der Waals surface area contributed by atoms with Gasteiger partial charge in [-0.2, -0.15) is 0 Å². The minimum atomic E-state index is -1.07. The van der Waals surface area contributed by atoms with Gasteiger partial charge in [-0.1, -0.05) is 71.1 Å². The monoisotopic (exact) mass is 437 g/mol. The Labute approximate surface area is 153 Å². The van der Waals surface area contributed by atoms with E-state index in [1.54, 1.807) is 0 Å². The molecule has 124 valence electrons. The van der Waals surface area contributed by atoms with Gasteiger partial charge < -0.3 is 15.2 Å². The first-order chi connectivity index (χ1) is 11.6. The lowest BCUT2D eigenvalue weighted by molar-refractivity contribution is -0.138. The first-order valence-electron chi connectivity index (χ1n) is 7.52. The first kappa shape index (κ1) is 16.8. The Bertz CT molecular complexity index is 732. The third-order valence-electron chi connectivity index (χ3n) is 4.09. The number of alkyl carbamates (subject to hydrolysis) is 1. The van der Waals surface area contributed by atoms with Gasteiger partial charge >= 0.3 is 12.1 Å². The van der Waals surface area contributed by atoms with Gasteiger partial charge in [0.2, 0.25) is 0 Å². The highest BCUT2D eigenvalue weighted by Crippen LogP contribution is 2.44. The molecule has 1 aliphatic carbocycles. The number of carboxylic acid groups (broad SMARTS) is 1. The van der Waals surface area contributed by atoms with Gasteiger partial charge in [-0.25, -0.2) is 9.59 Å². The van der Waals surface area contributed by atoms with Gasteiger partial charge in [-0.3, -0.25) is 0 Å². The third kappa shape index (κ3) is 3.24. The van der Waals surface area contributed by atoms with Crippen LogP contribution in [0.15, 0.2) is 48.5 Å². The van der Waals surface area contributed by atoms with E-state index in [1.165, 1.54) is 0 Å². The van der Waals surface area contributed by atoms with Crippen molar-refractivity contribution in [1.29, 1.82) is 0 Å². The number of fused-ring (bicyclic) bond motifs is 3. The van der Waals surface area contributed by atoms with Crippen molar-refractivity contribution >= 4 is 34.7 Å². The Kier molecular flexibility index (Phi) is 5.03. The van der Waals surface area contributed by atoms with E-state index in [1.807, 2.05) is 59.0 Å². The molecule has 0 radical (unpaired) electrons. The quantitative estimate of drug-likeness (QED) is 0.556. The molecule has 3 rings (SSSR count). The Morgan fingerprint density at radius 1 is 1.08 bits per heavy atom. The lowest BCUT2D eigenvalue weighted by Crippen LogP contribution is -2.42. The molecule has 5 nitrogen and oxygen atoms in total. The summed E-state index contributed by atoms with van der Waals surface area (Å²) in [6.07, 6.45) is -0.707. The number of carbonyl (C=O) groups is 2. The lowest BCUT2D eigenvalue weighted by atomic mass is 9.98. The average molecular weight is 437 g/mol. The number of carboxylic acids is 1. The second kappa shape index (κ2) is 7.21. The molecule has 0 aromatic heterocycles. The Hall–Kier alpha value is -2.09. The van der Waals surface area contributed by atoms with Gasteiger partial charge in [0.05, 0.1) is 0 Å². The molecule has 1 atom stereocenters. The van der Waals surface area contributed by atoms with E-state index >= 15 is 0 Å². The topological polar surface area (TPSA) is 75.6 Å². The Morgan fingerprint density at radius 3 is 2.12 bits per heavy atom. The highest BCUT2D eigenvalue weighted by atomic mass is 127. The van der Waals surface area contributed by atoms with Crippen LogP contribution in [-0.4, -0.2) is 34.2 Å². The van der Waals surface area contributed by atoms with E-state index in [9.17, 15) is 9.59 Å². The molecule has 0 aliphatic heterocycles. The number of ether oxygens (including phenoxy) is 1. The fourth-order valence-electron chi connectivity index (χ4n) is 2.95. The molecule has 24 heavy (non-hydrogen) atoms. The predicted molar refractivity (Wildman–Crippen MR) is 98.5 cm³/mol. The third-order valence-corrected chi connectivity index (χ3v) is 4.97. The number of halogens is 1. The molecule has 2 aromatic carbocycles. The molecule has 0 heterocycles. The molecular formula is C18H16INO4. The van der Waals surface area contributed by atoms with Crippen molar-refractivity contribution in [2.45, 2.75) is 12.0 Å². The molecule has 0 saturated heterocycles. The van der Waals surface area contributed by atoms with E-state index < -0.39 is 18.1 Å². The summed E-state index contributed by atoms with van der Waals surface area (Å²) in [4.78, 5) is 22.9. The van der Waals surface area contributed by atoms with Crippen LogP contribution in [0.2, 0.25) is 0 Å². The fourth-order valence-corrected chi connectivity index (χ4v) is 3.55. The molecule has 2 N–H and O–H groups in total. The van der Waals surface area contributed by atoms with Crippen molar-refractivity contribution < 1.29 is 19.4 Å². The van der Waals surface area contributed by atoms with E-state index in [4.69, 9.17) is 9.84 Å². The van der Waals surface area contributed by atoms with Crippen molar-refractivity contribution in [1.82, 2.24) is 5.32 Å². The van der Waals surface area contributed by atoms with E-state index in [0.29, 0.717) is 0 Å². The van der Waals surface area contributed by atoms with Crippen molar-refractivity contribution in [3.8, 4) is 11.1 Å². The maximum absolute atomic E-state index is 11.9. The number of hydrogen-bond donors (Lipinski definition) is 2. The summed E-state index contributed by atoms with van der Waals surface area (Å²) >= 11 is 1.91. The van der Waals surface area contributed by atoms with Gasteiger partial charge in [0.1, 0.15) is 12.6 Å². The first-order valence-corrected chi connectivity index (χ1v) is 9.04. The molecule has 0 spiro atoms. The summed E-state index contributed by atoms with van der Waals surface area (Å²) in [5.41, 5.74) is 4.54. The maximum atomic E-state index is 11.9. The van der Waals surface area contributed by atoms with Gasteiger partial charge in [0.15, 0.2) is 0 Å². The van der Waals surface area contributed by atoms with Crippen LogP contribution in [0.5, 0.6) is 0 Å². The Balaban J connectivity index is 1.74. The molecule has 0 bridgehead atoms. The number of hydrogen-bond acceptors (Lipinski definition) is 3. The number of nitrogens with one attached hydrogen (secondary N) is 1. The zero-order valence-corrected chi connectivity index (χ0v) is 14.9. The fraction of sp³-hybridized carbons (Fsp3) is 0.222. The van der Waals surface area contributed by atoms with Gasteiger partial charge in [0, 0.05) is 10.3 Å². The summed E-state index contributed by atoms with van der Waals surface area (Å²) in [6.45, 7) is 0.174. The highest BCUT2D eigenvalue weighted by molar-refractivity contribution is 14.1. The van der Waals surface area contributed by atoms with Crippen LogP contribution < -0.4 is 5.32 Å². The average Bonchev–Trinajstić information content (AvgIpc) is 2.91. The van der Waals surface area contributed by atoms with Crippen molar-refractivity contribution in [3.63, 3.8) is 0 Å². The Morgan fingerprint density at radius 2 is 1.62 bits per heavy atom. The number of aliphatic carboxylic acids is 1. The van der Waals surface area contributed by atoms with Crippen LogP contribution in [0.4, 0.5) is 4.79 Å². The number of alkyl halides is 1. The predicted octanol–water partition coefficient (Wildman–Crippen LogP) is 3.41. The van der Waals surface area contributed by atoms with Gasteiger partial charge in [-0.05, 0) is 22.3 Å². The van der Waals surface area contributed by atoms with Crippen molar-refractivity contribution in [2.24, 2.45) is 0 Å². The molecule has 1 aliphatic rings. The largest absolute Gasteiger partial charge is 0.480 e. The summed E-state index contributed by atoms with van der Waals surface area (Å²) < 4.78 is 5.58. The second-order valence-corrected chi connectivity index (χ2v) is 6.40. The molecule has 0 saturated carbocycles.